The number of aromatic nitrogens is 1. The van der Waals surface area contributed by atoms with Crippen molar-refractivity contribution in [3.63, 3.8) is 0 Å². The number of hydrogen-bond donors (Lipinski definition) is 1. The second-order valence-corrected chi connectivity index (χ2v) is 5.65. The molecule has 1 fully saturated rings. The molecule has 2 N–H and O–H groups in total. The summed E-state index contributed by atoms with van der Waals surface area (Å²) in [7, 11) is 0. The largest absolute Gasteiger partial charge is 0.324 e. The van der Waals surface area contributed by atoms with Gasteiger partial charge in [0.2, 0.25) is 0 Å². The van der Waals surface area contributed by atoms with E-state index in [1.54, 1.807) is 11.3 Å². The van der Waals surface area contributed by atoms with Gasteiger partial charge >= 0.3 is 0 Å². The van der Waals surface area contributed by atoms with E-state index in [1.165, 1.54) is 29.5 Å². The van der Waals surface area contributed by atoms with E-state index in [0.29, 0.717) is 0 Å². The van der Waals surface area contributed by atoms with Crippen LogP contribution in [0.25, 0.3) is 10.2 Å². The molecule has 0 aromatic carbocycles. The lowest BCUT2D eigenvalue weighted by Gasteiger charge is -2.11. The molecule has 84 valence electrons. The van der Waals surface area contributed by atoms with Crippen molar-refractivity contribution in [2.75, 3.05) is 0 Å². The van der Waals surface area contributed by atoms with Crippen LogP contribution in [0.2, 0.25) is 0 Å². The van der Waals surface area contributed by atoms with E-state index in [-0.39, 0.29) is 6.04 Å². The van der Waals surface area contributed by atoms with Crippen molar-refractivity contribution in [3.05, 3.63) is 29.3 Å². The molecule has 3 rings (SSSR count). The minimum absolute atomic E-state index is 0.166. The molecule has 2 nitrogen and oxygen atoms in total. The smallest absolute Gasteiger partial charge is 0.0809 e. The van der Waals surface area contributed by atoms with Gasteiger partial charge in [0.1, 0.15) is 0 Å². The zero-order valence-corrected chi connectivity index (χ0v) is 10.0. The average molecular weight is 232 g/mol. The fourth-order valence-electron chi connectivity index (χ4n) is 2.05. The molecule has 16 heavy (non-hydrogen) atoms. The molecule has 0 spiro atoms. The van der Waals surface area contributed by atoms with Crippen LogP contribution in [0.1, 0.15) is 37.3 Å². The van der Waals surface area contributed by atoms with Crippen molar-refractivity contribution in [1.82, 2.24) is 4.98 Å². The highest BCUT2D eigenvalue weighted by molar-refractivity contribution is 7.17. The minimum Gasteiger partial charge on any atom is -0.324 e. The number of nitrogens with two attached hydrogens (primary N) is 1. The Balaban J connectivity index is 1.75. The van der Waals surface area contributed by atoms with Gasteiger partial charge in [-0.05, 0) is 41.8 Å². The topological polar surface area (TPSA) is 38.9 Å². The Hall–Kier alpha value is -0.930. The fraction of sp³-hybridized carbons (Fsp3) is 0.462. The molecule has 1 atom stereocenters. The number of rotatable bonds is 4. The summed E-state index contributed by atoms with van der Waals surface area (Å²) in [4.78, 5) is 4.44. The molecule has 2 aromatic rings. The van der Waals surface area contributed by atoms with E-state index in [2.05, 4.69) is 22.5 Å². The quantitative estimate of drug-likeness (QED) is 0.876. The Morgan fingerprint density at radius 3 is 3.19 bits per heavy atom. The maximum absolute atomic E-state index is 6.20. The van der Waals surface area contributed by atoms with E-state index in [0.717, 1.165) is 17.9 Å². The number of pyridine rings is 1. The first-order chi connectivity index (χ1) is 7.83. The van der Waals surface area contributed by atoms with Gasteiger partial charge in [-0.3, -0.25) is 4.98 Å². The lowest BCUT2D eigenvalue weighted by molar-refractivity contribution is 0.574. The molecule has 0 radical (unpaired) electrons. The fourth-order valence-corrected chi connectivity index (χ4v) is 2.84. The molecule has 1 unspecified atom stereocenters. The zero-order chi connectivity index (χ0) is 11.0. The number of nitrogens with zero attached hydrogens (tertiary/aromatic N) is 1. The summed E-state index contributed by atoms with van der Waals surface area (Å²) in [5, 5.41) is 2.08. The highest BCUT2D eigenvalue weighted by Crippen LogP contribution is 2.35. The van der Waals surface area contributed by atoms with Gasteiger partial charge in [-0.2, -0.15) is 0 Å². The summed E-state index contributed by atoms with van der Waals surface area (Å²) in [6.45, 7) is 0. The van der Waals surface area contributed by atoms with Crippen LogP contribution in [0, 0.1) is 5.92 Å². The SMILES string of the molecule is NC(CCC1CC1)c1cnc2ccsc2c1. The Bertz CT molecular complexity index is 487. The third kappa shape index (κ3) is 2.11. The van der Waals surface area contributed by atoms with E-state index in [4.69, 9.17) is 5.73 Å². The maximum Gasteiger partial charge on any atom is 0.0809 e. The molecule has 0 amide bonds. The maximum atomic E-state index is 6.20. The van der Waals surface area contributed by atoms with Crippen molar-refractivity contribution < 1.29 is 0 Å². The average Bonchev–Trinajstić information content (AvgIpc) is 3.01. The lowest BCUT2D eigenvalue weighted by atomic mass is 10.0. The predicted octanol–water partition coefficient (Wildman–Crippen LogP) is 3.49. The summed E-state index contributed by atoms with van der Waals surface area (Å²) in [6, 6.07) is 4.42. The molecule has 0 aliphatic heterocycles. The van der Waals surface area contributed by atoms with Gasteiger partial charge in [-0.25, -0.2) is 0 Å². The van der Waals surface area contributed by atoms with Crippen LogP contribution in [0.3, 0.4) is 0 Å². The lowest BCUT2D eigenvalue weighted by Crippen LogP contribution is -2.10. The summed E-state index contributed by atoms with van der Waals surface area (Å²) < 4.78 is 1.25. The molecule has 3 heteroatoms. The minimum atomic E-state index is 0.166. The van der Waals surface area contributed by atoms with Gasteiger partial charge in [0.05, 0.1) is 10.2 Å². The van der Waals surface area contributed by atoms with Crippen LogP contribution < -0.4 is 5.73 Å². The van der Waals surface area contributed by atoms with Gasteiger partial charge in [0.15, 0.2) is 0 Å². The Morgan fingerprint density at radius 1 is 1.50 bits per heavy atom. The number of hydrogen-bond acceptors (Lipinski definition) is 3. The highest BCUT2D eigenvalue weighted by atomic mass is 32.1. The van der Waals surface area contributed by atoms with Crippen molar-refractivity contribution in [3.8, 4) is 0 Å². The first kappa shape index (κ1) is 10.2. The van der Waals surface area contributed by atoms with Crippen LogP contribution in [0.4, 0.5) is 0 Å². The van der Waals surface area contributed by atoms with E-state index >= 15 is 0 Å². The first-order valence-corrected chi connectivity index (χ1v) is 6.79. The number of thiophene rings is 1. The summed E-state index contributed by atoms with van der Waals surface area (Å²) in [6.07, 6.45) is 7.14. The van der Waals surface area contributed by atoms with E-state index in [9.17, 15) is 0 Å². The molecule has 0 bridgehead atoms. The molecule has 0 saturated heterocycles. The van der Waals surface area contributed by atoms with Crippen molar-refractivity contribution in [2.24, 2.45) is 11.7 Å². The highest BCUT2D eigenvalue weighted by Gasteiger charge is 2.22. The summed E-state index contributed by atoms with van der Waals surface area (Å²) in [5.74, 6) is 0.962. The van der Waals surface area contributed by atoms with Gasteiger partial charge in [0.25, 0.3) is 0 Å². The van der Waals surface area contributed by atoms with Gasteiger partial charge < -0.3 is 5.73 Å². The van der Waals surface area contributed by atoms with Crippen molar-refractivity contribution >= 4 is 21.6 Å². The molecule has 1 aliphatic carbocycles. The van der Waals surface area contributed by atoms with Crippen LogP contribution in [-0.2, 0) is 0 Å². The van der Waals surface area contributed by atoms with Crippen LogP contribution >= 0.6 is 11.3 Å². The predicted molar refractivity (Wildman–Crippen MR) is 68.5 cm³/mol. The molecule has 1 aliphatic rings. The van der Waals surface area contributed by atoms with Crippen LogP contribution in [0.5, 0.6) is 0 Å². The third-order valence-corrected chi connectivity index (χ3v) is 4.19. The molecule has 2 heterocycles. The molecule has 2 aromatic heterocycles. The van der Waals surface area contributed by atoms with E-state index in [1.807, 2.05) is 6.20 Å². The first-order valence-electron chi connectivity index (χ1n) is 5.91. The zero-order valence-electron chi connectivity index (χ0n) is 9.23. The molecule has 1 saturated carbocycles. The van der Waals surface area contributed by atoms with Gasteiger partial charge in [-0.1, -0.05) is 12.8 Å². The summed E-state index contributed by atoms with van der Waals surface area (Å²) in [5.41, 5.74) is 8.47. The Morgan fingerprint density at radius 2 is 2.38 bits per heavy atom. The summed E-state index contributed by atoms with van der Waals surface area (Å²) >= 11 is 1.74. The second kappa shape index (κ2) is 4.15. The third-order valence-electron chi connectivity index (χ3n) is 3.33. The van der Waals surface area contributed by atoms with Gasteiger partial charge in [-0.15, -0.1) is 11.3 Å². The van der Waals surface area contributed by atoms with Crippen LogP contribution in [-0.4, -0.2) is 4.98 Å². The normalized spacial score (nSPS) is 17.8. The van der Waals surface area contributed by atoms with E-state index < -0.39 is 0 Å². The van der Waals surface area contributed by atoms with Crippen molar-refractivity contribution in [1.29, 1.82) is 0 Å². The van der Waals surface area contributed by atoms with Crippen molar-refractivity contribution in [2.45, 2.75) is 31.7 Å². The van der Waals surface area contributed by atoms with Crippen LogP contribution in [0.15, 0.2) is 23.7 Å². The molecular weight excluding hydrogens is 216 g/mol. The number of fused-ring (bicyclic) bond motifs is 1. The second-order valence-electron chi connectivity index (χ2n) is 4.70. The standard InChI is InChI=1S/C13H16N2S/c14-11(4-3-9-1-2-9)10-7-13-12(15-8-10)5-6-16-13/h5-9,11H,1-4,14H2. The monoisotopic (exact) mass is 232 g/mol. The molecular formula is C13H16N2S. The van der Waals surface area contributed by atoms with Gasteiger partial charge in [0, 0.05) is 12.2 Å². The Labute approximate surface area is 99.5 Å². The Kier molecular flexibility index (Phi) is 2.65.